The third-order valence-electron chi connectivity index (χ3n) is 4.16. The molecule has 0 aromatic rings. The number of carbonyl (C=O) groups is 2. The number of hydrogen-bond acceptors (Lipinski definition) is 3. The molecule has 3 atom stereocenters. The molecule has 2 aliphatic heterocycles. The minimum absolute atomic E-state index is 0.0299. The molecule has 0 spiro atoms. The molecule has 0 aromatic heterocycles. The molecule has 2 fully saturated rings. The summed E-state index contributed by atoms with van der Waals surface area (Å²) in [5.74, 6) is -0.140. The van der Waals surface area contributed by atoms with Crippen LogP contribution in [0.1, 0.15) is 40.0 Å². The summed E-state index contributed by atoms with van der Waals surface area (Å²) in [6.45, 7) is 6.89. The van der Waals surface area contributed by atoms with E-state index in [9.17, 15) is 14.7 Å². The van der Waals surface area contributed by atoms with E-state index in [2.05, 4.69) is 6.92 Å². The molecule has 0 radical (unpaired) electrons. The Morgan fingerprint density at radius 1 is 1.30 bits per heavy atom. The zero-order valence-corrected chi connectivity index (χ0v) is 13.2. The lowest BCUT2D eigenvalue weighted by Gasteiger charge is -2.39. The fraction of sp³-hybridized carbons (Fsp3) is 0.857. The molecule has 20 heavy (non-hydrogen) atoms. The van der Waals surface area contributed by atoms with Crippen LogP contribution in [0, 0.1) is 5.92 Å². The Balaban J connectivity index is 2.20. The number of urea groups is 1. The van der Waals surface area contributed by atoms with E-state index in [-0.39, 0.29) is 23.4 Å². The summed E-state index contributed by atoms with van der Waals surface area (Å²) < 4.78 is 0. The van der Waals surface area contributed by atoms with Crippen molar-refractivity contribution in [1.82, 2.24) is 9.80 Å². The van der Waals surface area contributed by atoms with Crippen LogP contribution in [0.15, 0.2) is 0 Å². The highest BCUT2D eigenvalue weighted by molar-refractivity contribution is 8.00. The van der Waals surface area contributed by atoms with E-state index in [1.54, 1.807) is 16.7 Å². The van der Waals surface area contributed by atoms with Crippen LogP contribution in [0.5, 0.6) is 0 Å². The summed E-state index contributed by atoms with van der Waals surface area (Å²) in [5.41, 5.74) is 0. The number of carboxylic acid groups (broad SMARTS) is 1. The Labute approximate surface area is 124 Å². The second-order valence-corrected chi connectivity index (χ2v) is 7.20. The van der Waals surface area contributed by atoms with Gasteiger partial charge in [0.15, 0.2) is 0 Å². The van der Waals surface area contributed by atoms with Gasteiger partial charge in [-0.25, -0.2) is 9.59 Å². The van der Waals surface area contributed by atoms with Gasteiger partial charge in [0.25, 0.3) is 0 Å². The number of nitrogens with zero attached hydrogens (tertiary/aromatic N) is 2. The lowest BCUT2D eigenvalue weighted by molar-refractivity contribution is -0.141. The number of thioether (sulfide) groups is 1. The quantitative estimate of drug-likeness (QED) is 0.851. The van der Waals surface area contributed by atoms with Crippen molar-refractivity contribution < 1.29 is 14.7 Å². The maximum Gasteiger partial charge on any atom is 0.327 e. The van der Waals surface area contributed by atoms with E-state index in [1.165, 1.54) is 0 Å². The van der Waals surface area contributed by atoms with Gasteiger partial charge >= 0.3 is 12.0 Å². The first-order chi connectivity index (χ1) is 9.43. The van der Waals surface area contributed by atoms with Crippen molar-refractivity contribution in [3.8, 4) is 0 Å². The molecule has 0 aromatic carbocycles. The van der Waals surface area contributed by atoms with E-state index < -0.39 is 12.0 Å². The normalized spacial score (nSPS) is 30.9. The maximum atomic E-state index is 12.8. The van der Waals surface area contributed by atoms with Gasteiger partial charge in [-0.15, -0.1) is 11.8 Å². The van der Waals surface area contributed by atoms with Crippen LogP contribution in [-0.2, 0) is 4.79 Å². The molecule has 0 bridgehead atoms. The van der Waals surface area contributed by atoms with Crippen molar-refractivity contribution in [3.63, 3.8) is 0 Å². The van der Waals surface area contributed by atoms with E-state index in [0.29, 0.717) is 5.75 Å². The van der Waals surface area contributed by atoms with Crippen molar-refractivity contribution in [1.29, 1.82) is 0 Å². The molecule has 0 aliphatic carbocycles. The third-order valence-corrected chi connectivity index (χ3v) is 5.78. The second-order valence-electron chi connectivity index (χ2n) is 6.05. The average molecular weight is 300 g/mol. The first-order valence-corrected chi connectivity index (χ1v) is 8.41. The van der Waals surface area contributed by atoms with Crippen LogP contribution in [0.2, 0.25) is 0 Å². The van der Waals surface area contributed by atoms with Crippen molar-refractivity contribution in [2.75, 3.05) is 12.3 Å². The van der Waals surface area contributed by atoms with Gasteiger partial charge < -0.3 is 10.0 Å². The predicted octanol–water partition coefficient (Wildman–Crippen LogP) is 2.46. The number of rotatable bonds is 2. The molecule has 114 valence electrons. The van der Waals surface area contributed by atoms with Crippen LogP contribution in [-0.4, -0.2) is 56.7 Å². The number of carboxylic acids is 1. The smallest absolute Gasteiger partial charge is 0.327 e. The third kappa shape index (κ3) is 2.90. The summed E-state index contributed by atoms with van der Waals surface area (Å²) in [6, 6.07) is -0.563. The largest absolute Gasteiger partial charge is 0.480 e. The van der Waals surface area contributed by atoms with E-state index >= 15 is 0 Å². The summed E-state index contributed by atoms with van der Waals surface area (Å²) in [6.07, 6.45) is 3.17. The molecule has 1 N–H and O–H groups in total. The van der Waals surface area contributed by atoms with Gasteiger partial charge in [0.2, 0.25) is 0 Å². The molecule has 2 heterocycles. The van der Waals surface area contributed by atoms with Gasteiger partial charge in [0.1, 0.15) is 6.04 Å². The molecule has 2 saturated heterocycles. The second kappa shape index (κ2) is 6.24. The Bertz CT molecular complexity index is 389. The van der Waals surface area contributed by atoms with Crippen molar-refractivity contribution in [2.24, 2.45) is 5.92 Å². The Morgan fingerprint density at radius 3 is 2.55 bits per heavy atom. The average Bonchev–Trinajstić information content (AvgIpc) is 2.83. The van der Waals surface area contributed by atoms with Crippen molar-refractivity contribution in [2.45, 2.75) is 57.5 Å². The Morgan fingerprint density at radius 2 is 2.00 bits per heavy atom. The number of piperidine rings is 1. The number of carbonyl (C=O) groups excluding carboxylic acids is 1. The van der Waals surface area contributed by atoms with Crippen LogP contribution >= 0.6 is 11.8 Å². The lowest BCUT2D eigenvalue weighted by atomic mass is 10.0. The monoisotopic (exact) mass is 300 g/mol. The number of aliphatic carboxylic acids is 1. The van der Waals surface area contributed by atoms with Gasteiger partial charge in [-0.1, -0.05) is 13.8 Å². The minimum Gasteiger partial charge on any atom is -0.480 e. The highest BCUT2D eigenvalue weighted by Gasteiger charge is 2.45. The number of hydrogen-bond donors (Lipinski definition) is 1. The molecule has 2 amide bonds. The molecular weight excluding hydrogens is 276 g/mol. The molecule has 5 nitrogen and oxygen atoms in total. The predicted molar refractivity (Wildman–Crippen MR) is 79.8 cm³/mol. The number of likely N-dealkylation sites (tertiary alicyclic amines) is 1. The first-order valence-electron chi connectivity index (χ1n) is 7.36. The van der Waals surface area contributed by atoms with E-state index in [1.807, 2.05) is 18.7 Å². The van der Waals surface area contributed by atoms with Crippen LogP contribution in [0.25, 0.3) is 0 Å². The van der Waals surface area contributed by atoms with Gasteiger partial charge in [-0.05, 0) is 32.1 Å². The molecular formula is C14H24N2O3S. The SMILES string of the molecule is CC(C)C1SCC(C(=O)O)N1C(=O)N1CCCCC1C. The standard InChI is InChI=1S/C14H24N2O3S/c1-9(2)12-16(11(8-20-12)13(17)18)14(19)15-7-5-4-6-10(15)3/h9-12H,4-8H2,1-3H3,(H,17,18). The zero-order chi connectivity index (χ0) is 14.9. The summed E-state index contributed by atoms with van der Waals surface area (Å²) in [4.78, 5) is 27.7. The number of amides is 2. The zero-order valence-electron chi connectivity index (χ0n) is 12.4. The summed E-state index contributed by atoms with van der Waals surface area (Å²) in [7, 11) is 0. The molecule has 3 unspecified atom stereocenters. The van der Waals surface area contributed by atoms with Crippen LogP contribution < -0.4 is 0 Å². The summed E-state index contributed by atoms with van der Waals surface area (Å²) in [5, 5.41) is 9.34. The molecule has 2 rings (SSSR count). The molecule has 6 heteroatoms. The fourth-order valence-corrected chi connectivity index (χ4v) is 4.47. The summed E-state index contributed by atoms with van der Waals surface area (Å²) >= 11 is 1.59. The fourth-order valence-electron chi connectivity index (χ4n) is 3.00. The topological polar surface area (TPSA) is 60.9 Å². The van der Waals surface area contributed by atoms with Gasteiger partial charge in [-0.3, -0.25) is 4.90 Å². The van der Waals surface area contributed by atoms with Crippen molar-refractivity contribution >= 4 is 23.8 Å². The Hall–Kier alpha value is -0.910. The molecule has 0 saturated carbocycles. The van der Waals surface area contributed by atoms with Gasteiger partial charge in [0.05, 0.1) is 5.37 Å². The molecule has 2 aliphatic rings. The van der Waals surface area contributed by atoms with Crippen molar-refractivity contribution in [3.05, 3.63) is 0 Å². The Kier molecular flexibility index (Phi) is 4.83. The first kappa shape index (κ1) is 15.5. The minimum atomic E-state index is -0.890. The van der Waals surface area contributed by atoms with Gasteiger partial charge in [0, 0.05) is 18.3 Å². The highest BCUT2D eigenvalue weighted by Crippen LogP contribution is 2.35. The maximum absolute atomic E-state index is 12.8. The van der Waals surface area contributed by atoms with Crippen LogP contribution in [0.4, 0.5) is 4.79 Å². The van der Waals surface area contributed by atoms with E-state index in [0.717, 1.165) is 25.8 Å². The van der Waals surface area contributed by atoms with Crippen LogP contribution in [0.3, 0.4) is 0 Å². The van der Waals surface area contributed by atoms with Gasteiger partial charge in [-0.2, -0.15) is 0 Å². The van der Waals surface area contributed by atoms with E-state index in [4.69, 9.17) is 0 Å². The lowest BCUT2D eigenvalue weighted by Crippen LogP contribution is -2.55. The highest BCUT2D eigenvalue weighted by atomic mass is 32.2.